The minimum absolute atomic E-state index is 0.0282. The third-order valence-corrected chi connectivity index (χ3v) is 4.45. The van der Waals surface area contributed by atoms with Crippen LogP contribution in [-0.4, -0.2) is 29.7 Å². The van der Waals surface area contributed by atoms with Crippen molar-refractivity contribution in [2.24, 2.45) is 5.73 Å². The van der Waals surface area contributed by atoms with Gasteiger partial charge in [-0.25, -0.2) is 4.39 Å². The van der Waals surface area contributed by atoms with Crippen LogP contribution in [0.15, 0.2) is 42.7 Å². The van der Waals surface area contributed by atoms with Gasteiger partial charge in [0.2, 0.25) is 0 Å². The maximum atomic E-state index is 13.0. The van der Waals surface area contributed by atoms with E-state index in [1.165, 1.54) is 12.1 Å². The van der Waals surface area contributed by atoms with Gasteiger partial charge in [0.1, 0.15) is 18.2 Å². The minimum Gasteiger partial charge on any atom is -0.490 e. The number of hydrogen-bond donors (Lipinski definition) is 2. The van der Waals surface area contributed by atoms with Crippen LogP contribution in [0.5, 0.6) is 5.75 Å². The van der Waals surface area contributed by atoms with Gasteiger partial charge < -0.3 is 15.8 Å². The molecule has 1 atom stereocenters. The van der Waals surface area contributed by atoms with Crippen LogP contribution < -0.4 is 15.8 Å². The van der Waals surface area contributed by atoms with Crippen molar-refractivity contribution in [1.82, 2.24) is 10.3 Å². The van der Waals surface area contributed by atoms with Crippen molar-refractivity contribution in [2.75, 3.05) is 13.2 Å². The molecule has 3 N–H and O–H groups in total. The first kappa shape index (κ1) is 21.3. The second-order valence-electron chi connectivity index (χ2n) is 8.80. The highest BCUT2D eigenvalue weighted by Gasteiger charge is 2.19. The van der Waals surface area contributed by atoms with Gasteiger partial charge in [-0.1, -0.05) is 32.9 Å². The molecule has 0 radical (unpaired) electrons. The predicted molar refractivity (Wildman–Crippen MR) is 109 cm³/mol. The van der Waals surface area contributed by atoms with Crippen LogP contribution in [0.1, 0.15) is 45.7 Å². The third-order valence-electron chi connectivity index (χ3n) is 4.45. The molecule has 27 heavy (non-hydrogen) atoms. The minimum atomic E-state index is -0.214. The lowest BCUT2D eigenvalue weighted by Crippen LogP contribution is -2.48. The summed E-state index contributed by atoms with van der Waals surface area (Å²) in [5.74, 6) is 0.525. The normalized spacial score (nSPS) is 13.4. The van der Waals surface area contributed by atoms with Gasteiger partial charge in [-0.05, 0) is 55.0 Å². The Balaban J connectivity index is 1.81. The molecule has 2 rings (SSSR count). The monoisotopic (exact) mass is 373 g/mol. The van der Waals surface area contributed by atoms with Crippen LogP contribution in [0.3, 0.4) is 0 Å². The molecule has 0 aliphatic rings. The number of ether oxygens (including phenoxy) is 1. The first-order valence-corrected chi connectivity index (χ1v) is 9.38. The van der Waals surface area contributed by atoms with Crippen LogP contribution >= 0.6 is 0 Å². The lowest BCUT2D eigenvalue weighted by Gasteiger charge is -2.28. The van der Waals surface area contributed by atoms with Crippen molar-refractivity contribution in [3.05, 3.63) is 59.7 Å². The lowest BCUT2D eigenvalue weighted by molar-refractivity contribution is 0.268. The molecule has 0 aliphatic heterocycles. The van der Waals surface area contributed by atoms with E-state index in [-0.39, 0.29) is 22.8 Å². The van der Waals surface area contributed by atoms with Gasteiger partial charge in [0.05, 0.1) is 12.2 Å². The van der Waals surface area contributed by atoms with Crippen LogP contribution in [0.2, 0.25) is 0 Å². The van der Waals surface area contributed by atoms with Crippen molar-refractivity contribution in [1.29, 1.82) is 0 Å². The summed E-state index contributed by atoms with van der Waals surface area (Å²) in [6, 6.07) is 8.49. The van der Waals surface area contributed by atoms with E-state index in [9.17, 15) is 4.39 Å². The highest BCUT2D eigenvalue weighted by Crippen LogP contribution is 2.24. The standard InChI is InChI=1S/C22H32FN3O/c1-21(2,3)17-10-20(14-25-12-17)27-15-19(24)13-26-22(4,5)11-16-6-8-18(23)9-7-16/h6-10,12,14,19,26H,11,13,15,24H2,1-5H3/t19-/m0/s1. The van der Waals surface area contributed by atoms with E-state index in [1.54, 1.807) is 6.20 Å². The number of benzene rings is 1. The van der Waals surface area contributed by atoms with E-state index in [0.29, 0.717) is 13.2 Å². The Morgan fingerprint density at radius 1 is 1.11 bits per heavy atom. The fourth-order valence-electron chi connectivity index (χ4n) is 2.75. The molecule has 0 unspecified atom stereocenters. The van der Waals surface area contributed by atoms with Crippen molar-refractivity contribution >= 4 is 0 Å². The molecule has 0 fully saturated rings. The molecule has 0 bridgehead atoms. The maximum absolute atomic E-state index is 13.0. The highest BCUT2D eigenvalue weighted by molar-refractivity contribution is 5.28. The molecule has 0 amide bonds. The first-order chi connectivity index (χ1) is 12.5. The Morgan fingerprint density at radius 2 is 1.78 bits per heavy atom. The largest absolute Gasteiger partial charge is 0.490 e. The van der Waals surface area contributed by atoms with Crippen LogP contribution in [0.4, 0.5) is 4.39 Å². The zero-order valence-electron chi connectivity index (χ0n) is 17.1. The van der Waals surface area contributed by atoms with Gasteiger partial charge in [-0.3, -0.25) is 4.98 Å². The average Bonchev–Trinajstić information content (AvgIpc) is 2.60. The van der Waals surface area contributed by atoms with Crippen LogP contribution in [-0.2, 0) is 11.8 Å². The summed E-state index contributed by atoms with van der Waals surface area (Å²) in [7, 11) is 0. The van der Waals surface area contributed by atoms with Crippen molar-refractivity contribution in [2.45, 2.75) is 58.0 Å². The maximum Gasteiger partial charge on any atom is 0.137 e. The van der Waals surface area contributed by atoms with E-state index in [2.05, 4.69) is 44.9 Å². The van der Waals surface area contributed by atoms with Gasteiger partial charge >= 0.3 is 0 Å². The van der Waals surface area contributed by atoms with Crippen LogP contribution in [0, 0.1) is 5.82 Å². The van der Waals surface area contributed by atoms with Crippen molar-refractivity contribution < 1.29 is 9.13 Å². The average molecular weight is 374 g/mol. The Hall–Kier alpha value is -1.98. The summed E-state index contributed by atoms with van der Waals surface area (Å²) in [5.41, 5.74) is 8.31. The number of aromatic nitrogens is 1. The second kappa shape index (κ2) is 8.81. The molecule has 1 heterocycles. The summed E-state index contributed by atoms with van der Waals surface area (Å²) in [6.45, 7) is 11.7. The molecular formula is C22H32FN3O. The lowest BCUT2D eigenvalue weighted by atomic mass is 9.88. The van der Waals surface area contributed by atoms with Gasteiger partial charge in [-0.15, -0.1) is 0 Å². The fraction of sp³-hybridized carbons (Fsp3) is 0.500. The number of nitrogens with one attached hydrogen (secondary N) is 1. The van der Waals surface area contributed by atoms with Gasteiger partial charge in [-0.2, -0.15) is 0 Å². The Morgan fingerprint density at radius 3 is 2.41 bits per heavy atom. The fourth-order valence-corrected chi connectivity index (χ4v) is 2.75. The summed E-state index contributed by atoms with van der Waals surface area (Å²) in [6.07, 6.45) is 4.37. The topological polar surface area (TPSA) is 60.2 Å². The molecule has 0 saturated carbocycles. The van der Waals surface area contributed by atoms with Gasteiger partial charge in [0.25, 0.3) is 0 Å². The number of hydrogen-bond acceptors (Lipinski definition) is 4. The molecule has 0 aliphatic carbocycles. The Kier molecular flexibility index (Phi) is 6.95. The van der Waals surface area contributed by atoms with E-state index in [1.807, 2.05) is 24.4 Å². The summed E-state index contributed by atoms with van der Waals surface area (Å²) in [4.78, 5) is 4.26. The molecule has 148 valence electrons. The van der Waals surface area contributed by atoms with E-state index in [0.717, 1.165) is 23.3 Å². The highest BCUT2D eigenvalue weighted by atomic mass is 19.1. The zero-order chi connectivity index (χ0) is 20.1. The number of rotatable bonds is 8. The first-order valence-electron chi connectivity index (χ1n) is 9.38. The van der Waals surface area contributed by atoms with Crippen molar-refractivity contribution in [3.8, 4) is 5.75 Å². The van der Waals surface area contributed by atoms with Crippen molar-refractivity contribution in [3.63, 3.8) is 0 Å². The van der Waals surface area contributed by atoms with Crippen LogP contribution in [0.25, 0.3) is 0 Å². The molecule has 0 spiro atoms. The zero-order valence-corrected chi connectivity index (χ0v) is 17.1. The molecule has 5 heteroatoms. The SMILES string of the molecule is CC(C)(Cc1ccc(F)cc1)NC[C@H](N)COc1cncc(C(C)(C)C)c1. The molecule has 2 aromatic rings. The van der Waals surface area contributed by atoms with E-state index in [4.69, 9.17) is 10.5 Å². The molecule has 1 aromatic carbocycles. The molecule has 0 saturated heterocycles. The van der Waals surface area contributed by atoms with Gasteiger partial charge in [0, 0.05) is 18.3 Å². The molecular weight excluding hydrogens is 341 g/mol. The third kappa shape index (κ3) is 7.27. The summed E-state index contributed by atoms with van der Waals surface area (Å²) >= 11 is 0. The number of nitrogens with two attached hydrogens (primary N) is 1. The van der Waals surface area contributed by atoms with Gasteiger partial charge in [0.15, 0.2) is 0 Å². The molecule has 1 aromatic heterocycles. The predicted octanol–water partition coefficient (Wildman–Crippen LogP) is 3.84. The number of nitrogens with zero attached hydrogens (tertiary/aromatic N) is 1. The second-order valence-corrected chi connectivity index (χ2v) is 8.80. The van der Waals surface area contributed by atoms with E-state index >= 15 is 0 Å². The summed E-state index contributed by atoms with van der Waals surface area (Å²) < 4.78 is 18.9. The Bertz CT molecular complexity index is 723. The van der Waals surface area contributed by atoms with E-state index < -0.39 is 0 Å². The number of halogens is 1. The smallest absolute Gasteiger partial charge is 0.137 e. The Labute approximate surface area is 162 Å². The molecule has 4 nitrogen and oxygen atoms in total. The quantitative estimate of drug-likeness (QED) is 0.738. The summed E-state index contributed by atoms with van der Waals surface area (Å²) in [5, 5.41) is 3.48. The number of pyridine rings is 1.